The van der Waals surface area contributed by atoms with E-state index >= 15 is 0 Å². The molecule has 1 heterocycles. The second-order valence-electron chi connectivity index (χ2n) is 6.11. The van der Waals surface area contributed by atoms with E-state index in [1.807, 2.05) is 54.6 Å². The normalized spacial score (nSPS) is 17.1. The van der Waals surface area contributed by atoms with Gasteiger partial charge in [0.2, 0.25) is 0 Å². The zero-order valence-corrected chi connectivity index (χ0v) is 15.1. The Kier molecular flexibility index (Phi) is 4.90. The van der Waals surface area contributed by atoms with Crippen molar-refractivity contribution in [2.75, 3.05) is 0 Å². The fourth-order valence-corrected chi connectivity index (χ4v) is 3.21. The molecular weight excluding hydrogens is 362 g/mol. The van der Waals surface area contributed by atoms with Crippen LogP contribution in [0.1, 0.15) is 34.0 Å². The lowest BCUT2D eigenvalue weighted by atomic mass is 9.96. The summed E-state index contributed by atoms with van der Waals surface area (Å²) in [7, 11) is 0. The fourth-order valence-electron chi connectivity index (χ4n) is 3.00. The monoisotopic (exact) mass is 377 g/mol. The number of oxime groups is 1. The molecule has 0 aromatic heterocycles. The summed E-state index contributed by atoms with van der Waals surface area (Å²) in [6, 6.07) is 24.2. The van der Waals surface area contributed by atoms with Crippen LogP contribution in [0.15, 0.2) is 84.0 Å². The van der Waals surface area contributed by atoms with Gasteiger partial charge >= 0.3 is 5.97 Å². The molecule has 0 N–H and O–H groups in total. The summed E-state index contributed by atoms with van der Waals surface area (Å²) in [6.07, 6.45) is 0.301. The van der Waals surface area contributed by atoms with Gasteiger partial charge in [-0.1, -0.05) is 71.4 Å². The fraction of sp³-hybridized carbons (Fsp3) is 0.0909. The lowest BCUT2D eigenvalue weighted by Crippen LogP contribution is -2.21. The van der Waals surface area contributed by atoms with Gasteiger partial charge in [-0.3, -0.25) is 0 Å². The van der Waals surface area contributed by atoms with E-state index in [0.29, 0.717) is 22.9 Å². The summed E-state index contributed by atoms with van der Waals surface area (Å²) < 4.78 is 6.12. The number of hydrogen-bond acceptors (Lipinski definition) is 4. The molecule has 0 bridgehead atoms. The van der Waals surface area contributed by atoms with Crippen molar-refractivity contribution in [3.8, 4) is 5.75 Å². The average molecular weight is 378 g/mol. The van der Waals surface area contributed by atoms with Crippen molar-refractivity contribution in [1.29, 1.82) is 0 Å². The highest BCUT2D eigenvalue weighted by molar-refractivity contribution is 6.33. The van der Waals surface area contributed by atoms with Crippen molar-refractivity contribution >= 4 is 23.3 Å². The molecule has 0 amide bonds. The van der Waals surface area contributed by atoms with Gasteiger partial charge in [0.1, 0.15) is 11.9 Å². The lowest BCUT2D eigenvalue weighted by Gasteiger charge is -2.27. The number of halogens is 1. The number of carbonyl (C=O) groups is 1. The van der Waals surface area contributed by atoms with Crippen LogP contribution in [0.25, 0.3) is 0 Å². The predicted molar refractivity (Wildman–Crippen MR) is 104 cm³/mol. The molecule has 4 nitrogen and oxygen atoms in total. The molecular formula is C22H16ClNO3. The van der Waals surface area contributed by atoms with E-state index in [1.54, 1.807) is 24.3 Å². The molecule has 4 rings (SSSR count). The molecule has 3 aromatic carbocycles. The molecule has 0 radical (unpaired) electrons. The lowest BCUT2D eigenvalue weighted by molar-refractivity contribution is 0.0513. The Labute approximate surface area is 162 Å². The van der Waals surface area contributed by atoms with Crippen molar-refractivity contribution < 1.29 is 14.4 Å². The summed E-state index contributed by atoms with van der Waals surface area (Å²) in [4.78, 5) is 17.5. The zero-order chi connectivity index (χ0) is 18.6. The first-order valence-electron chi connectivity index (χ1n) is 8.56. The van der Waals surface area contributed by atoms with Crippen LogP contribution in [0.5, 0.6) is 5.75 Å². The Hall–Kier alpha value is -3.11. The van der Waals surface area contributed by atoms with Crippen molar-refractivity contribution in [1.82, 2.24) is 0 Å². The molecule has 0 spiro atoms. The van der Waals surface area contributed by atoms with Crippen LogP contribution in [0.2, 0.25) is 5.02 Å². The third-order valence-electron chi connectivity index (χ3n) is 4.35. The predicted octanol–water partition coefficient (Wildman–Crippen LogP) is 5.42. The minimum Gasteiger partial charge on any atom is -0.485 e. The smallest absolute Gasteiger partial charge is 0.367 e. The van der Waals surface area contributed by atoms with Crippen molar-refractivity contribution in [2.45, 2.75) is 12.5 Å². The molecule has 0 unspecified atom stereocenters. The van der Waals surface area contributed by atoms with Crippen LogP contribution in [0.3, 0.4) is 0 Å². The Morgan fingerprint density at radius 2 is 1.67 bits per heavy atom. The van der Waals surface area contributed by atoms with Gasteiger partial charge in [-0.05, 0) is 29.8 Å². The quantitative estimate of drug-likeness (QED) is 0.452. The van der Waals surface area contributed by atoms with Crippen molar-refractivity contribution in [3.05, 3.63) is 101 Å². The van der Waals surface area contributed by atoms with Gasteiger partial charge in [0.25, 0.3) is 0 Å². The van der Waals surface area contributed by atoms with Crippen LogP contribution in [-0.4, -0.2) is 11.7 Å². The van der Waals surface area contributed by atoms with E-state index in [-0.39, 0.29) is 11.7 Å². The summed E-state index contributed by atoms with van der Waals surface area (Å²) in [5.41, 5.74) is 2.79. The number of fused-ring (bicyclic) bond motifs is 1. The Morgan fingerprint density at radius 3 is 2.48 bits per heavy atom. The van der Waals surface area contributed by atoms with Crippen molar-refractivity contribution in [3.63, 3.8) is 0 Å². The SMILES string of the molecule is O=C(O/N=C1/C[C@H](c2ccccc2)Oc2ccccc21)c1ccccc1Cl. The van der Waals surface area contributed by atoms with E-state index in [0.717, 1.165) is 11.1 Å². The number of rotatable bonds is 3. The first-order valence-corrected chi connectivity index (χ1v) is 8.94. The van der Waals surface area contributed by atoms with Crippen LogP contribution in [0, 0.1) is 0 Å². The molecule has 0 saturated heterocycles. The minimum absolute atomic E-state index is 0.195. The molecule has 3 aromatic rings. The molecule has 0 saturated carbocycles. The number of hydrogen-bond donors (Lipinski definition) is 0. The number of para-hydroxylation sites is 1. The van der Waals surface area contributed by atoms with E-state index < -0.39 is 5.97 Å². The van der Waals surface area contributed by atoms with Gasteiger partial charge in [-0.25, -0.2) is 4.79 Å². The van der Waals surface area contributed by atoms with Gasteiger partial charge in [-0.15, -0.1) is 0 Å². The summed E-state index contributed by atoms with van der Waals surface area (Å²) in [5.74, 6) is 0.124. The molecule has 5 heteroatoms. The number of ether oxygens (including phenoxy) is 1. The molecule has 1 atom stereocenters. The van der Waals surface area contributed by atoms with Crippen molar-refractivity contribution in [2.24, 2.45) is 5.16 Å². The highest BCUT2D eigenvalue weighted by Gasteiger charge is 2.27. The summed E-state index contributed by atoms with van der Waals surface area (Å²) in [6.45, 7) is 0. The Morgan fingerprint density at radius 1 is 0.963 bits per heavy atom. The highest BCUT2D eigenvalue weighted by Crippen LogP contribution is 2.35. The number of benzene rings is 3. The summed E-state index contributed by atoms with van der Waals surface area (Å²) >= 11 is 6.06. The summed E-state index contributed by atoms with van der Waals surface area (Å²) in [5, 5.41) is 4.48. The minimum atomic E-state index is -0.590. The van der Waals surface area contributed by atoms with Gasteiger partial charge in [0.05, 0.1) is 16.3 Å². The molecule has 0 aliphatic carbocycles. The van der Waals surface area contributed by atoms with Crippen LogP contribution >= 0.6 is 11.6 Å². The highest BCUT2D eigenvalue weighted by atomic mass is 35.5. The van der Waals surface area contributed by atoms with Gasteiger partial charge < -0.3 is 9.57 Å². The molecule has 1 aliphatic rings. The molecule has 1 aliphatic heterocycles. The standard InChI is InChI=1S/C22H16ClNO3/c23-18-12-6-4-10-16(18)22(25)27-24-19-14-21(15-8-2-1-3-9-15)26-20-13-7-5-11-17(19)20/h1-13,21H,14H2/b24-19-/t21-/m1/s1. The van der Waals surface area contributed by atoms with Gasteiger partial charge in [-0.2, -0.15) is 0 Å². The van der Waals surface area contributed by atoms with E-state index in [2.05, 4.69) is 5.16 Å². The van der Waals surface area contributed by atoms with Crippen LogP contribution in [-0.2, 0) is 4.84 Å². The third kappa shape index (κ3) is 3.71. The zero-order valence-electron chi connectivity index (χ0n) is 14.3. The molecule has 134 valence electrons. The average Bonchev–Trinajstić information content (AvgIpc) is 2.72. The second-order valence-corrected chi connectivity index (χ2v) is 6.52. The maximum Gasteiger partial charge on any atom is 0.367 e. The van der Waals surface area contributed by atoms with E-state index in [1.165, 1.54) is 0 Å². The Balaban J connectivity index is 1.63. The van der Waals surface area contributed by atoms with E-state index in [9.17, 15) is 4.79 Å². The maximum atomic E-state index is 12.3. The van der Waals surface area contributed by atoms with Gasteiger partial charge in [0, 0.05) is 12.0 Å². The molecule has 27 heavy (non-hydrogen) atoms. The Bertz CT molecular complexity index is 1000. The van der Waals surface area contributed by atoms with Crippen LogP contribution in [0.4, 0.5) is 0 Å². The topological polar surface area (TPSA) is 47.9 Å². The largest absolute Gasteiger partial charge is 0.485 e. The number of nitrogens with zero attached hydrogens (tertiary/aromatic N) is 1. The van der Waals surface area contributed by atoms with Gasteiger partial charge in [0.15, 0.2) is 0 Å². The third-order valence-corrected chi connectivity index (χ3v) is 4.68. The second kappa shape index (κ2) is 7.64. The number of carbonyl (C=O) groups excluding carboxylic acids is 1. The van der Waals surface area contributed by atoms with E-state index in [4.69, 9.17) is 21.2 Å². The van der Waals surface area contributed by atoms with Crippen LogP contribution < -0.4 is 4.74 Å². The first-order chi connectivity index (χ1) is 13.2. The first kappa shape index (κ1) is 17.3. The molecule has 0 fully saturated rings. The maximum absolute atomic E-state index is 12.3.